The third-order valence-corrected chi connectivity index (χ3v) is 6.68. The topological polar surface area (TPSA) is 77.9 Å². The maximum absolute atomic E-state index is 12.2. The first-order chi connectivity index (χ1) is 17.6. The van der Waals surface area contributed by atoms with Crippen molar-refractivity contribution in [1.29, 1.82) is 0 Å². The summed E-state index contributed by atoms with van der Waals surface area (Å²) in [5.74, 6) is 0.997. The number of hydrogen-bond acceptors (Lipinski definition) is 6. The third kappa shape index (κ3) is 3.74. The van der Waals surface area contributed by atoms with Gasteiger partial charge in [0.05, 0.1) is 24.4 Å². The Labute approximate surface area is 213 Å². The lowest BCUT2D eigenvalue weighted by Gasteiger charge is -2.29. The summed E-state index contributed by atoms with van der Waals surface area (Å²) in [6, 6.07) is 22.6. The van der Waals surface area contributed by atoms with Gasteiger partial charge < -0.3 is 29.0 Å². The van der Waals surface area contributed by atoms with E-state index in [9.17, 15) is 4.79 Å². The molecule has 2 aliphatic heterocycles. The molecule has 36 heavy (non-hydrogen) atoms. The average Bonchev–Trinajstić information content (AvgIpc) is 3.66. The molecule has 2 aliphatic rings. The number of ether oxygens (including phenoxy) is 3. The molecule has 6 rings (SSSR count). The van der Waals surface area contributed by atoms with Crippen LogP contribution in [-0.2, 0) is 4.74 Å². The second-order valence-corrected chi connectivity index (χ2v) is 8.77. The Bertz CT molecular complexity index is 1460. The molecule has 4 heterocycles. The molecule has 4 aromatic rings. The summed E-state index contributed by atoms with van der Waals surface area (Å²) in [6.45, 7) is 0.195. The number of hydrogen-bond donors (Lipinski definition) is 1. The van der Waals surface area contributed by atoms with Crippen molar-refractivity contribution in [2.75, 3.05) is 18.8 Å². The van der Waals surface area contributed by atoms with E-state index in [1.807, 2.05) is 66.9 Å². The Morgan fingerprint density at radius 1 is 1.03 bits per heavy atom. The van der Waals surface area contributed by atoms with Crippen molar-refractivity contribution in [1.82, 2.24) is 14.9 Å². The first-order valence-corrected chi connectivity index (χ1v) is 11.8. The van der Waals surface area contributed by atoms with Gasteiger partial charge in [0.25, 0.3) is 0 Å². The van der Waals surface area contributed by atoms with Gasteiger partial charge in [-0.25, -0.2) is 4.79 Å². The van der Waals surface area contributed by atoms with Crippen molar-refractivity contribution in [2.24, 2.45) is 0 Å². The maximum Gasteiger partial charge on any atom is 0.337 e. The number of anilines is 1. The molecular formula is C27H22N4O4S. The normalized spacial score (nSPS) is 18.2. The van der Waals surface area contributed by atoms with Crippen LogP contribution in [0.2, 0.25) is 0 Å². The van der Waals surface area contributed by atoms with Crippen molar-refractivity contribution >= 4 is 29.0 Å². The van der Waals surface area contributed by atoms with Crippen molar-refractivity contribution in [3.05, 3.63) is 102 Å². The van der Waals surface area contributed by atoms with E-state index in [4.69, 9.17) is 26.4 Å². The van der Waals surface area contributed by atoms with E-state index in [1.54, 1.807) is 12.3 Å². The van der Waals surface area contributed by atoms with Crippen LogP contribution in [0.1, 0.15) is 33.8 Å². The molecular weight excluding hydrogens is 476 g/mol. The minimum atomic E-state index is -0.386. The highest BCUT2D eigenvalue weighted by molar-refractivity contribution is 7.80. The van der Waals surface area contributed by atoms with E-state index in [-0.39, 0.29) is 24.8 Å². The number of methoxy groups -OCH3 is 1. The van der Waals surface area contributed by atoms with Crippen molar-refractivity contribution in [3.8, 4) is 17.2 Å². The Kier molecular flexibility index (Phi) is 5.54. The van der Waals surface area contributed by atoms with E-state index >= 15 is 0 Å². The average molecular weight is 499 g/mol. The monoisotopic (exact) mass is 498 g/mol. The number of nitrogens with one attached hydrogen (secondary N) is 1. The lowest BCUT2D eigenvalue weighted by atomic mass is 10.0. The number of benzene rings is 2. The second-order valence-electron chi connectivity index (χ2n) is 8.38. The number of rotatable bonds is 5. The van der Waals surface area contributed by atoms with E-state index in [1.165, 1.54) is 7.11 Å². The third-order valence-electron chi connectivity index (χ3n) is 6.36. The fourth-order valence-electron chi connectivity index (χ4n) is 4.74. The van der Waals surface area contributed by atoms with Crippen LogP contribution in [0.15, 0.2) is 85.2 Å². The lowest BCUT2D eigenvalue weighted by molar-refractivity contribution is 0.0600. The number of thiocarbonyl (C=S) groups is 1. The van der Waals surface area contributed by atoms with Crippen LogP contribution in [-0.4, -0.2) is 34.5 Å². The zero-order chi connectivity index (χ0) is 24.6. The number of aromatic nitrogens is 2. The van der Waals surface area contributed by atoms with Crippen LogP contribution in [0.3, 0.4) is 0 Å². The summed E-state index contributed by atoms with van der Waals surface area (Å²) in [5, 5.41) is 4.05. The number of carbonyl (C=O) groups excluding carboxylic acids is 1. The van der Waals surface area contributed by atoms with Gasteiger partial charge in [0, 0.05) is 35.5 Å². The minimum Gasteiger partial charge on any atom is -0.465 e. The molecule has 0 amide bonds. The molecule has 2 aromatic heterocycles. The molecule has 1 N–H and O–H groups in total. The van der Waals surface area contributed by atoms with Crippen molar-refractivity contribution in [2.45, 2.75) is 12.1 Å². The summed E-state index contributed by atoms with van der Waals surface area (Å²) < 4.78 is 18.1. The largest absolute Gasteiger partial charge is 0.465 e. The first kappa shape index (κ1) is 22.1. The quantitative estimate of drug-likeness (QED) is 0.317. The lowest BCUT2D eigenvalue weighted by Crippen LogP contribution is -2.30. The van der Waals surface area contributed by atoms with E-state index < -0.39 is 0 Å². The summed E-state index contributed by atoms with van der Waals surface area (Å²) in [7, 11) is 1.38. The van der Waals surface area contributed by atoms with Gasteiger partial charge in [-0.3, -0.25) is 4.98 Å². The van der Waals surface area contributed by atoms with Crippen LogP contribution in [0.5, 0.6) is 11.5 Å². The van der Waals surface area contributed by atoms with Gasteiger partial charge in [0.2, 0.25) is 6.79 Å². The van der Waals surface area contributed by atoms with Gasteiger partial charge in [0.15, 0.2) is 16.6 Å². The highest BCUT2D eigenvalue weighted by Gasteiger charge is 2.42. The number of esters is 1. The number of fused-ring (bicyclic) bond motifs is 1. The van der Waals surface area contributed by atoms with E-state index in [0.29, 0.717) is 22.2 Å². The molecule has 1 fully saturated rings. The van der Waals surface area contributed by atoms with E-state index in [2.05, 4.69) is 25.8 Å². The van der Waals surface area contributed by atoms with Crippen LogP contribution in [0.4, 0.5) is 5.69 Å². The molecule has 0 bridgehead atoms. The van der Waals surface area contributed by atoms with Crippen molar-refractivity contribution in [3.63, 3.8) is 0 Å². The Balaban J connectivity index is 1.49. The van der Waals surface area contributed by atoms with Crippen LogP contribution in [0.25, 0.3) is 5.69 Å². The SMILES string of the molecule is COC(=O)c1cccc(-n2cccc2[C@@H]2[C@H](c3ccccn3)NC(=S)N2c2ccc3c(c2)OCO3)c1. The predicted octanol–water partition coefficient (Wildman–Crippen LogP) is 4.56. The van der Waals surface area contributed by atoms with Crippen LogP contribution >= 0.6 is 12.2 Å². The Hall–Kier alpha value is -4.37. The molecule has 2 atom stereocenters. The van der Waals surface area contributed by atoms with Crippen LogP contribution < -0.4 is 19.7 Å². The highest BCUT2D eigenvalue weighted by atomic mass is 32.1. The molecule has 2 aromatic carbocycles. The first-order valence-electron chi connectivity index (χ1n) is 11.4. The molecule has 0 aliphatic carbocycles. The fourth-order valence-corrected chi connectivity index (χ4v) is 5.09. The molecule has 0 radical (unpaired) electrons. The molecule has 0 saturated carbocycles. The van der Waals surface area contributed by atoms with Crippen molar-refractivity contribution < 1.29 is 19.0 Å². The minimum absolute atomic E-state index is 0.195. The van der Waals surface area contributed by atoms with Gasteiger partial charge in [-0.15, -0.1) is 0 Å². The second kappa shape index (κ2) is 9.01. The Morgan fingerprint density at radius 2 is 1.92 bits per heavy atom. The zero-order valence-corrected chi connectivity index (χ0v) is 20.1. The van der Waals surface area contributed by atoms with Gasteiger partial charge >= 0.3 is 5.97 Å². The number of carbonyl (C=O) groups is 1. The highest BCUT2D eigenvalue weighted by Crippen LogP contribution is 2.44. The summed E-state index contributed by atoms with van der Waals surface area (Å²) in [5.41, 5.74) is 4.02. The molecule has 9 heteroatoms. The maximum atomic E-state index is 12.2. The predicted molar refractivity (Wildman–Crippen MR) is 138 cm³/mol. The Morgan fingerprint density at radius 3 is 2.75 bits per heavy atom. The summed E-state index contributed by atoms with van der Waals surface area (Å²) >= 11 is 5.85. The molecule has 180 valence electrons. The molecule has 0 spiro atoms. The molecule has 1 saturated heterocycles. The van der Waals surface area contributed by atoms with Gasteiger partial charge in [-0.2, -0.15) is 0 Å². The molecule has 8 nitrogen and oxygen atoms in total. The van der Waals surface area contributed by atoms with E-state index in [0.717, 1.165) is 22.8 Å². The van der Waals surface area contributed by atoms with Gasteiger partial charge in [0.1, 0.15) is 6.04 Å². The summed E-state index contributed by atoms with van der Waals surface area (Å²) in [4.78, 5) is 18.9. The smallest absolute Gasteiger partial charge is 0.337 e. The van der Waals surface area contributed by atoms with Gasteiger partial charge in [-0.05, 0) is 66.8 Å². The number of pyridine rings is 1. The zero-order valence-electron chi connectivity index (χ0n) is 19.3. The van der Waals surface area contributed by atoms with Gasteiger partial charge in [-0.1, -0.05) is 12.1 Å². The molecule has 0 unspecified atom stereocenters. The number of nitrogens with zero attached hydrogens (tertiary/aromatic N) is 3. The van der Waals surface area contributed by atoms with Crippen LogP contribution in [0, 0.1) is 0 Å². The summed E-state index contributed by atoms with van der Waals surface area (Å²) in [6.07, 6.45) is 3.75. The standard InChI is InChI=1S/C27H22N4O4S/c1-33-26(32)17-6-4-7-18(14-17)30-13-5-9-21(30)25-24(20-8-2-3-12-28-20)29-27(36)31(25)19-10-11-22-23(15-19)35-16-34-22/h2-15,24-25H,16H2,1H3,(H,29,36)/t24-,25+/m0/s1. The fraction of sp³-hybridized carbons (Fsp3) is 0.148.